The molecule has 4 aromatic rings. The Bertz CT molecular complexity index is 1270. The first-order valence-corrected chi connectivity index (χ1v) is 9.48. The lowest BCUT2D eigenvalue weighted by Crippen LogP contribution is -2.10. The molecule has 0 saturated heterocycles. The van der Waals surface area contributed by atoms with Gasteiger partial charge in [-0.25, -0.2) is 9.78 Å². The average molecular weight is 412 g/mol. The van der Waals surface area contributed by atoms with Crippen molar-refractivity contribution in [3.05, 3.63) is 65.0 Å². The number of pyridine rings is 1. The zero-order valence-electron chi connectivity index (χ0n) is 16.6. The molecule has 0 bridgehead atoms. The molecular weight excluding hydrogens is 393 g/mol. The molecule has 2 heterocycles. The normalized spacial score (nSPS) is 11.9. The van der Waals surface area contributed by atoms with E-state index in [0.29, 0.717) is 10.9 Å². The second-order valence-corrected chi connectivity index (χ2v) is 7.19. The highest BCUT2D eigenvalue weighted by Crippen LogP contribution is 2.43. The van der Waals surface area contributed by atoms with Gasteiger partial charge in [0.25, 0.3) is 0 Å². The zero-order valence-corrected chi connectivity index (χ0v) is 16.6. The third-order valence-corrected chi connectivity index (χ3v) is 4.98. The van der Waals surface area contributed by atoms with Crippen molar-refractivity contribution in [3.8, 4) is 11.1 Å². The highest BCUT2D eigenvalue weighted by Gasteiger charge is 2.38. The predicted octanol–water partition coefficient (Wildman–Crippen LogP) is 6.20. The number of carbonyl (C=O) groups is 1. The molecule has 0 amide bonds. The molecule has 0 unspecified atom stereocenters. The van der Waals surface area contributed by atoms with E-state index in [1.54, 1.807) is 49.4 Å². The molecule has 7 heteroatoms. The van der Waals surface area contributed by atoms with Crippen LogP contribution in [0.4, 0.5) is 13.2 Å². The van der Waals surface area contributed by atoms with Crippen LogP contribution in [0.25, 0.3) is 32.9 Å². The number of aryl methyl sites for hydroxylation is 2. The van der Waals surface area contributed by atoms with E-state index in [2.05, 4.69) is 9.97 Å². The Hall–Kier alpha value is -3.35. The molecule has 4 nitrogen and oxygen atoms in total. The molecule has 0 aliphatic carbocycles. The summed E-state index contributed by atoms with van der Waals surface area (Å²) in [7, 11) is 0. The number of rotatable bonds is 3. The molecule has 30 heavy (non-hydrogen) atoms. The zero-order chi connectivity index (χ0) is 21.6. The summed E-state index contributed by atoms with van der Waals surface area (Å²) < 4.78 is 47.3. The number of benzene rings is 2. The van der Waals surface area contributed by atoms with Crippen molar-refractivity contribution in [2.24, 2.45) is 0 Å². The fraction of sp³-hybridized carbons (Fsp3) is 0.217. The van der Waals surface area contributed by atoms with Crippen LogP contribution in [0, 0.1) is 13.8 Å². The van der Waals surface area contributed by atoms with Crippen molar-refractivity contribution in [2.75, 3.05) is 6.61 Å². The summed E-state index contributed by atoms with van der Waals surface area (Å²) in [4.78, 5) is 19.6. The number of halogens is 3. The van der Waals surface area contributed by atoms with Crippen molar-refractivity contribution >= 4 is 27.8 Å². The van der Waals surface area contributed by atoms with Gasteiger partial charge in [-0.15, -0.1) is 0 Å². The van der Waals surface area contributed by atoms with Gasteiger partial charge >= 0.3 is 12.1 Å². The summed E-state index contributed by atoms with van der Waals surface area (Å²) in [6.45, 7) is 5.47. The van der Waals surface area contributed by atoms with Gasteiger partial charge in [0.15, 0.2) is 5.69 Å². The van der Waals surface area contributed by atoms with Crippen molar-refractivity contribution < 1.29 is 22.7 Å². The molecule has 0 atom stereocenters. The molecule has 0 aliphatic rings. The minimum atomic E-state index is -4.70. The topological polar surface area (TPSA) is 55.0 Å². The lowest BCUT2D eigenvalue weighted by molar-refractivity contribution is -0.139. The number of aromatic amines is 1. The number of esters is 1. The number of nitrogens with one attached hydrogen (secondary N) is 1. The van der Waals surface area contributed by atoms with E-state index >= 15 is 0 Å². The Morgan fingerprint density at radius 3 is 2.37 bits per heavy atom. The van der Waals surface area contributed by atoms with Crippen LogP contribution >= 0.6 is 0 Å². The molecule has 0 saturated carbocycles. The van der Waals surface area contributed by atoms with Crippen molar-refractivity contribution in [1.29, 1.82) is 0 Å². The Labute approximate surface area is 170 Å². The summed E-state index contributed by atoms with van der Waals surface area (Å²) in [5.41, 5.74) is 1.82. The number of aromatic nitrogens is 2. The Morgan fingerprint density at radius 1 is 1.07 bits per heavy atom. The van der Waals surface area contributed by atoms with Crippen LogP contribution in [0.5, 0.6) is 0 Å². The third kappa shape index (κ3) is 3.30. The van der Waals surface area contributed by atoms with Crippen LogP contribution in [0.1, 0.15) is 34.2 Å². The minimum Gasteiger partial charge on any atom is -0.461 e. The van der Waals surface area contributed by atoms with Crippen LogP contribution in [0.15, 0.2) is 42.5 Å². The van der Waals surface area contributed by atoms with E-state index in [1.165, 1.54) is 0 Å². The van der Waals surface area contributed by atoms with Crippen molar-refractivity contribution in [3.63, 3.8) is 0 Å². The molecule has 0 aliphatic heterocycles. The molecule has 4 rings (SSSR count). The van der Waals surface area contributed by atoms with Crippen LogP contribution in [0.2, 0.25) is 0 Å². The molecule has 0 radical (unpaired) electrons. The number of alkyl halides is 3. The van der Waals surface area contributed by atoms with E-state index in [9.17, 15) is 18.0 Å². The fourth-order valence-electron chi connectivity index (χ4n) is 3.63. The van der Waals surface area contributed by atoms with Gasteiger partial charge in [0, 0.05) is 16.3 Å². The maximum absolute atomic E-state index is 14.1. The predicted molar refractivity (Wildman–Crippen MR) is 109 cm³/mol. The van der Waals surface area contributed by atoms with Gasteiger partial charge in [0.05, 0.1) is 17.6 Å². The molecular formula is C23H19F3N2O2. The lowest BCUT2D eigenvalue weighted by Gasteiger charge is -2.12. The van der Waals surface area contributed by atoms with Crippen molar-refractivity contribution in [1.82, 2.24) is 9.97 Å². The van der Waals surface area contributed by atoms with E-state index in [4.69, 9.17) is 4.74 Å². The smallest absolute Gasteiger partial charge is 0.434 e. The number of ether oxygens (including phenoxy) is 1. The van der Waals surface area contributed by atoms with Gasteiger partial charge in [-0.2, -0.15) is 13.2 Å². The number of hydrogen-bond donors (Lipinski definition) is 1. The highest BCUT2D eigenvalue weighted by molar-refractivity contribution is 6.16. The van der Waals surface area contributed by atoms with E-state index in [-0.39, 0.29) is 34.3 Å². The molecule has 2 aromatic carbocycles. The number of fused-ring (bicyclic) bond motifs is 3. The van der Waals surface area contributed by atoms with Crippen LogP contribution in [-0.2, 0) is 10.9 Å². The van der Waals surface area contributed by atoms with Crippen LogP contribution in [0.3, 0.4) is 0 Å². The van der Waals surface area contributed by atoms with Gasteiger partial charge in [-0.05, 0) is 38.5 Å². The number of carbonyl (C=O) groups excluding carboxylic acids is 1. The van der Waals surface area contributed by atoms with Gasteiger partial charge in [0.2, 0.25) is 0 Å². The second-order valence-electron chi connectivity index (χ2n) is 7.19. The molecule has 0 spiro atoms. The first kappa shape index (κ1) is 19.9. The average Bonchev–Trinajstić information content (AvgIpc) is 3.08. The first-order valence-electron chi connectivity index (χ1n) is 9.48. The van der Waals surface area contributed by atoms with E-state index in [0.717, 1.165) is 11.1 Å². The summed E-state index contributed by atoms with van der Waals surface area (Å²) in [5.74, 6) is -0.710. The van der Waals surface area contributed by atoms with Crippen molar-refractivity contribution in [2.45, 2.75) is 26.9 Å². The quantitative estimate of drug-likeness (QED) is 0.408. The molecule has 0 fully saturated rings. The fourth-order valence-corrected chi connectivity index (χ4v) is 3.63. The maximum Gasteiger partial charge on any atom is 0.434 e. The molecule has 2 aromatic heterocycles. The SMILES string of the molecule is CCOC(=O)c1[nH]c2c(c(C(F)(F)F)nc3ccc(C)cc32)c1-c1ccc(C)cc1. The Morgan fingerprint density at radius 2 is 1.73 bits per heavy atom. The van der Waals surface area contributed by atoms with Crippen LogP contribution < -0.4 is 0 Å². The van der Waals surface area contributed by atoms with Crippen LogP contribution in [-0.4, -0.2) is 22.5 Å². The van der Waals surface area contributed by atoms with Gasteiger partial charge in [-0.3, -0.25) is 0 Å². The number of nitrogens with zero attached hydrogens (tertiary/aromatic N) is 1. The second kappa shape index (κ2) is 7.16. The third-order valence-electron chi connectivity index (χ3n) is 4.98. The summed E-state index contributed by atoms with van der Waals surface area (Å²) in [6.07, 6.45) is -4.70. The maximum atomic E-state index is 14.1. The standard InChI is InChI=1S/C23H19F3N2O2/c1-4-30-22(29)20-17(14-8-5-12(2)6-9-14)18-19(28-20)15-11-13(3)7-10-16(15)27-21(18)23(24,25)26/h5-11,28H,4H2,1-3H3. The monoisotopic (exact) mass is 412 g/mol. The van der Waals surface area contributed by atoms with E-state index in [1.807, 2.05) is 13.8 Å². The minimum absolute atomic E-state index is 0.0167. The first-order chi connectivity index (χ1) is 14.2. The molecule has 1 N–H and O–H groups in total. The van der Waals surface area contributed by atoms with Gasteiger partial charge in [-0.1, -0.05) is 41.5 Å². The molecule has 154 valence electrons. The van der Waals surface area contributed by atoms with Gasteiger partial charge < -0.3 is 9.72 Å². The summed E-state index contributed by atoms with van der Waals surface area (Å²) in [6, 6.07) is 12.0. The van der Waals surface area contributed by atoms with Gasteiger partial charge in [0.1, 0.15) is 5.69 Å². The Kier molecular flexibility index (Phi) is 4.76. The number of H-pyrrole nitrogens is 1. The summed E-state index contributed by atoms with van der Waals surface area (Å²) in [5, 5.41) is 0.384. The Balaban J connectivity index is 2.21. The highest BCUT2D eigenvalue weighted by atomic mass is 19.4. The van der Waals surface area contributed by atoms with E-state index < -0.39 is 17.8 Å². The lowest BCUT2D eigenvalue weighted by atomic mass is 9.98. The summed E-state index contributed by atoms with van der Waals surface area (Å²) >= 11 is 0. The largest absolute Gasteiger partial charge is 0.461 e. The number of hydrogen-bond acceptors (Lipinski definition) is 3.